The Morgan fingerprint density at radius 2 is 2.28 bits per heavy atom. The summed E-state index contributed by atoms with van der Waals surface area (Å²) in [5, 5.41) is 5.02. The number of aryl methyl sites for hydroxylation is 1. The van der Waals surface area contributed by atoms with E-state index in [1.807, 2.05) is 4.68 Å². The molecule has 3 nitrogen and oxygen atoms in total. The summed E-state index contributed by atoms with van der Waals surface area (Å²) in [5.74, 6) is 1.40. The van der Waals surface area contributed by atoms with Crippen molar-refractivity contribution < 1.29 is 0 Å². The molecule has 0 saturated heterocycles. The van der Waals surface area contributed by atoms with Crippen LogP contribution < -0.4 is 5.73 Å². The minimum Gasteiger partial charge on any atom is -0.322 e. The fourth-order valence-electron chi connectivity index (χ4n) is 3.21. The van der Waals surface area contributed by atoms with E-state index in [-0.39, 0.29) is 6.04 Å². The molecule has 3 atom stereocenters. The van der Waals surface area contributed by atoms with Crippen molar-refractivity contribution in [3.8, 4) is 0 Å². The SMILES string of the molecule is CCC1CCCC(C(N)c2c(Cl)cnn2CC)C1. The minimum atomic E-state index is 0.0364. The molecule has 18 heavy (non-hydrogen) atoms. The van der Waals surface area contributed by atoms with E-state index >= 15 is 0 Å². The normalized spacial score (nSPS) is 26.2. The van der Waals surface area contributed by atoms with Gasteiger partial charge in [0, 0.05) is 6.54 Å². The first-order chi connectivity index (χ1) is 8.67. The van der Waals surface area contributed by atoms with Gasteiger partial charge in [-0.2, -0.15) is 5.10 Å². The molecule has 4 heteroatoms. The topological polar surface area (TPSA) is 43.8 Å². The zero-order valence-corrected chi connectivity index (χ0v) is 12.2. The molecule has 102 valence electrons. The molecule has 0 aromatic carbocycles. The van der Waals surface area contributed by atoms with Crippen LogP contribution in [0.25, 0.3) is 0 Å². The molecule has 0 bridgehead atoms. The number of halogens is 1. The lowest BCUT2D eigenvalue weighted by Gasteiger charge is -2.32. The smallest absolute Gasteiger partial charge is 0.0834 e. The molecule has 3 unspecified atom stereocenters. The van der Waals surface area contributed by atoms with E-state index in [0.29, 0.717) is 5.92 Å². The predicted octanol–water partition coefficient (Wildman–Crippen LogP) is 3.77. The quantitative estimate of drug-likeness (QED) is 0.904. The second kappa shape index (κ2) is 6.07. The van der Waals surface area contributed by atoms with Crippen LogP contribution in [-0.2, 0) is 6.54 Å². The molecule has 1 fully saturated rings. The Labute approximate surface area is 115 Å². The highest BCUT2D eigenvalue weighted by molar-refractivity contribution is 6.31. The summed E-state index contributed by atoms with van der Waals surface area (Å²) in [5.41, 5.74) is 7.49. The summed E-state index contributed by atoms with van der Waals surface area (Å²) < 4.78 is 1.95. The van der Waals surface area contributed by atoms with Gasteiger partial charge in [-0.05, 0) is 31.6 Å². The van der Waals surface area contributed by atoms with E-state index in [4.69, 9.17) is 17.3 Å². The van der Waals surface area contributed by atoms with Gasteiger partial charge in [0.15, 0.2) is 0 Å². The number of rotatable bonds is 4. The highest BCUT2D eigenvalue weighted by Gasteiger charge is 2.29. The van der Waals surface area contributed by atoms with Crippen molar-refractivity contribution in [1.82, 2.24) is 9.78 Å². The Balaban J connectivity index is 2.14. The average Bonchev–Trinajstić information content (AvgIpc) is 2.79. The molecule has 2 rings (SSSR count). The molecule has 0 aliphatic heterocycles. The predicted molar refractivity (Wildman–Crippen MR) is 75.6 cm³/mol. The molecule has 1 aromatic rings. The second-order valence-electron chi connectivity index (χ2n) is 5.42. The molecule has 0 spiro atoms. The molecule has 0 radical (unpaired) electrons. The van der Waals surface area contributed by atoms with E-state index in [1.54, 1.807) is 6.20 Å². The fraction of sp³-hybridized carbons (Fsp3) is 0.786. The van der Waals surface area contributed by atoms with Crippen molar-refractivity contribution >= 4 is 11.6 Å². The van der Waals surface area contributed by atoms with Gasteiger partial charge in [0.1, 0.15) is 0 Å². The van der Waals surface area contributed by atoms with Gasteiger partial charge in [-0.1, -0.05) is 37.8 Å². The maximum atomic E-state index is 6.46. The Kier molecular flexibility index (Phi) is 4.68. The first kappa shape index (κ1) is 13.9. The van der Waals surface area contributed by atoms with Crippen LogP contribution in [0.15, 0.2) is 6.20 Å². The summed E-state index contributed by atoms with van der Waals surface area (Å²) in [4.78, 5) is 0. The number of aromatic nitrogens is 2. The zero-order chi connectivity index (χ0) is 13.1. The molecular weight excluding hydrogens is 246 g/mol. The average molecular weight is 270 g/mol. The highest BCUT2D eigenvalue weighted by atomic mass is 35.5. The molecule has 1 saturated carbocycles. The molecule has 1 heterocycles. The molecule has 0 amide bonds. The summed E-state index contributed by atoms with van der Waals surface area (Å²) in [7, 11) is 0. The molecule has 1 aliphatic carbocycles. The largest absolute Gasteiger partial charge is 0.322 e. The number of nitrogens with zero attached hydrogens (tertiary/aromatic N) is 2. The van der Waals surface area contributed by atoms with E-state index in [0.717, 1.165) is 23.2 Å². The van der Waals surface area contributed by atoms with Crippen LogP contribution in [0.5, 0.6) is 0 Å². The summed E-state index contributed by atoms with van der Waals surface area (Å²) >= 11 is 6.24. The third kappa shape index (κ3) is 2.72. The maximum absolute atomic E-state index is 6.46. The lowest BCUT2D eigenvalue weighted by atomic mass is 9.76. The Morgan fingerprint density at radius 1 is 1.50 bits per heavy atom. The van der Waals surface area contributed by atoms with Crippen molar-refractivity contribution in [1.29, 1.82) is 0 Å². The van der Waals surface area contributed by atoms with Crippen LogP contribution in [0.3, 0.4) is 0 Å². The van der Waals surface area contributed by atoms with E-state index < -0.39 is 0 Å². The number of hydrogen-bond acceptors (Lipinski definition) is 2. The minimum absolute atomic E-state index is 0.0364. The van der Waals surface area contributed by atoms with E-state index in [9.17, 15) is 0 Å². The third-order valence-electron chi connectivity index (χ3n) is 4.36. The van der Waals surface area contributed by atoms with Gasteiger partial charge in [-0.3, -0.25) is 4.68 Å². The number of nitrogens with two attached hydrogens (primary N) is 1. The summed E-state index contributed by atoms with van der Waals surface area (Å²) in [6.45, 7) is 5.19. The van der Waals surface area contributed by atoms with Gasteiger partial charge in [0.05, 0.1) is 23.0 Å². The standard InChI is InChI=1S/C14H24ClN3/c1-3-10-6-5-7-11(8-10)13(16)14-12(15)9-17-18(14)4-2/h9-11,13H,3-8,16H2,1-2H3. The lowest BCUT2D eigenvalue weighted by Crippen LogP contribution is -2.29. The van der Waals surface area contributed by atoms with Gasteiger partial charge in [-0.15, -0.1) is 0 Å². The van der Waals surface area contributed by atoms with E-state index in [1.165, 1.54) is 32.1 Å². The van der Waals surface area contributed by atoms with Crippen molar-refractivity contribution in [2.75, 3.05) is 0 Å². The zero-order valence-electron chi connectivity index (χ0n) is 11.4. The molecule has 2 N–H and O–H groups in total. The van der Waals surface area contributed by atoms with Crippen LogP contribution >= 0.6 is 11.6 Å². The molecular formula is C14H24ClN3. The van der Waals surface area contributed by atoms with Gasteiger partial charge in [-0.25, -0.2) is 0 Å². The summed E-state index contributed by atoms with van der Waals surface area (Å²) in [6, 6.07) is 0.0364. The van der Waals surface area contributed by atoms with Crippen LogP contribution in [-0.4, -0.2) is 9.78 Å². The van der Waals surface area contributed by atoms with Crippen LogP contribution in [0, 0.1) is 11.8 Å². The first-order valence-corrected chi connectivity index (χ1v) is 7.51. The maximum Gasteiger partial charge on any atom is 0.0834 e. The van der Waals surface area contributed by atoms with Crippen LogP contribution in [0.4, 0.5) is 0 Å². The van der Waals surface area contributed by atoms with Crippen molar-refractivity contribution in [2.24, 2.45) is 17.6 Å². The van der Waals surface area contributed by atoms with Crippen molar-refractivity contribution in [3.05, 3.63) is 16.9 Å². The fourth-order valence-corrected chi connectivity index (χ4v) is 3.48. The monoisotopic (exact) mass is 269 g/mol. The van der Waals surface area contributed by atoms with Gasteiger partial charge < -0.3 is 5.73 Å². The Morgan fingerprint density at radius 3 is 2.94 bits per heavy atom. The van der Waals surface area contributed by atoms with Crippen molar-refractivity contribution in [3.63, 3.8) is 0 Å². The van der Waals surface area contributed by atoms with Crippen LogP contribution in [0.1, 0.15) is 57.7 Å². The highest BCUT2D eigenvalue weighted by Crippen LogP contribution is 2.38. The Hall–Kier alpha value is -0.540. The van der Waals surface area contributed by atoms with Gasteiger partial charge in [0.2, 0.25) is 0 Å². The van der Waals surface area contributed by atoms with E-state index in [2.05, 4.69) is 18.9 Å². The molecule has 1 aliphatic rings. The first-order valence-electron chi connectivity index (χ1n) is 7.14. The number of hydrogen-bond donors (Lipinski definition) is 1. The third-order valence-corrected chi connectivity index (χ3v) is 4.65. The lowest BCUT2D eigenvalue weighted by molar-refractivity contribution is 0.225. The van der Waals surface area contributed by atoms with Crippen LogP contribution in [0.2, 0.25) is 5.02 Å². The van der Waals surface area contributed by atoms with Gasteiger partial charge in [0.25, 0.3) is 0 Å². The second-order valence-corrected chi connectivity index (χ2v) is 5.83. The Bertz CT molecular complexity index is 388. The molecule has 1 aromatic heterocycles. The van der Waals surface area contributed by atoms with Crippen molar-refractivity contribution in [2.45, 2.75) is 58.5 Å². The van der Waals surface area contributed by atoms with Gasteiger partial charge >= 0.3 is 0 Å². The summed E-state index contributed by atoms with van der Waals surface area (Å²) in [6.07, 6.45) is 8.12.